The second kappa shape index (κ2) is 6.85. The van der Waals surface area contributed by atoms with Crippen molar-refractivity contribution in [3.05, 3.63) is 65.5 Å². The van der Waals surface area contributed by atoms with Gasteiger partial charge >= 0.3 is 0 Å². The molecule has 0 unspecified atom stereocenters. The Hall–Kier alpha value is -2.16. The quantitative estimate of drug-likeness (QED) is 0.742. The number of ketones is 1. The molecule has 2 rings (SSSR count). The molecule has 0 spiro atoms. The summed E-state index contributed by atoms with van der Waals surface area (Å²) in [7, 11) is 1.64. The van der Waals surface area contributed by atoms with Gasteiger partial charge in [-0.2, -0.15) is 0 Å². The van der Waals surface area contributed by atoms with Gasteiger partial charge in [-0.25, -0.2) is 4.39 Å². The van der Waals surface area contributed by atoms with Crippen LogP contribution < -0.4 is 4.74 Å². The normalized spacial score (nSPS) is 10.3. The van der Waals surface area contributed by atoms with Gasteiger partial charge in [-0.3, -0.25) is 4.79 Å². The predicted molar refractivity (Wildman–Crippen MR) is 76.7 cm³/mol. The molecule has 3 heteroatoms. The van der Waals surface area contributed by atoms with Crippen molar-refractivity contribution in [1.29, 1.82) is 0 Å². The van der Waals surface area contributed by atoms with Gasteiger partial charge < -0.3 is 4.74 Å². The highest BCUT2D eigenvalue weighted by Gasteiger charge is 2.05. The second-order valence-electron chi connectivity index (χ2n) is 4.63. The Kier molecular flexibility index (Phi) is 4.88. The summed E-state index contributed by atoms with van der Waals surface area (Å²) >= 11 is 0. The van der Waals surface area contributed by atoms with E-state index in [1.807, 2.05) is 24.3 Å². The van der Waals surface area contributed by atoms with Crippen molar-refractivity contribution in [2.45, 2.75) is 19.3 Å². The Morgan fingerprint density at radius 2 is 1.70 bits per heavy atom. The lowest BCUT2D eigenvalue weighted by molar-refractivity contribution is 0.0980. The number of aryl methyl sites for hydroxylation is 1. The van der Waals surface area contributed by atoms with Crippen LogP contribution in [0.5, 0.6) is 5.75 Å². The molecule has 0 atom stereocenters. The number of carbonyl (C=O) groups is 1. The van der Waals surface area contributed by atoms with Gasteiger partial charge in [0, 0.05) is 12.0 Å². The summed E-state index contributed by atoms with van der Waals surface area (Å²) in [6, 6.07) is 13.5. The maximum Gasteiger partial charge on any atom is 0.162 e. The molecule has 0 saturated heterocycles. The summed E-state index contributed by atoms with van der Waals surface area (Å²) in [4.78, 5) is 11.9. The lowest BCUT2D eigenvalue weighted by Gasteiger charge is -2.04. The maximum absolute atomic E-state index is 12.8. The molecular formula is C17H17FO2. The van der Waals surface area contributed by atoms with E-state index in [4.69, 9.17) is 4.74 Å². The van der Waals surface area contributed by atoms with Crippen LogP contribution in [0.2, 0.25) is 0 Å². The fourth-order valence-corrected chi connectivity index (χ4v) is 2.03. The van der Waals surface area contributed by atoms with E-state index < -0.39 is 0 Å². The van der Waals surface area contributed by atoms with Gasteiger partial charge in [-0.05, 0) is 54.8 Å². The Morgan fingerprint density at radius 3 is 2.30 bits per heavy atom. The largest absolute Gasteiger partial charge is 0.497 e. The third-order valence-electron chi connectivity index (χ3n) is 3.19. The molecule has 104 valence electrons. The third kappa shape index (κ3) is 3.92. The summed E-state index contributed by atoms with van der Waals surface area (Å²) in [5.41, 5.74) is 1.75. The van der Waals surface area contributed by atoms with E-state index >= 15 is 0 Å². The highest BCUT2D eigenvalue weighted by atomic mass is 19.1. The average Bonchev–Trinajstić information content (AvgIpc) is 2.48. The number of carbonyl (C=O) groups excluding carboxylic acids is 1. The van der Waals surface area contributed by atoms with Crippen molar-refractivity contribution in [2.75, 3.05) is 7.11 Å². The first-order valence-corrected chi connectivity index (χ1v) is 6.61. The minimum atomic E-state index is -0.320. The molecule has 0 N–H and O–H groups in total. The molecule has 20 heavy (non-hydrogen) atoms. The molecule has 2 aromatic carbocycles. The van der Waals surface area contributed by atoms with Gasteiger partial charge in [-0.1, -0.05) is 12.1 Å². The SMILES string of the molecule is COc1ccc(CCCC(=O)c2ccc(F)cc2)cc1. The Morgan fingerprint density at radius 1 is 1.05 bits per heavy atom. The molecule has 0 heterocycles. The molecule has 0 aliphatic heterocycles. The highest BCUT2D eigenvalue weighted by molar-refractivity contribution is 5.95. The molecule has 0 bridgehead atoms. The van der Waals surface area contributed by atoms with Crippen LogP contribution in [0.25, 0.3) is 0 Å². The van der Waals surface area contributed by atoms with Crippen molar-refractivity contribution >= 4 is 5.78 Å². The van der Waals surface area contributed by atoms with Crippen molar-refractivity contribution in [3.63, 3.8) is 0 Å². The monoisotopic (exact) mass is 272 g/mol. The minimum Gasteiger partial charge on any atom is -0.497 e. The minimum absolute atomic E-state index is 0.0542. The maximum atomic E-state index is 12.8. The number of hydrogen-bond acceptors (Lipinski definition) is 2. The zero-order chi connectivity index (χ0) is 14.4. The van der Waals surface area contributed by atoms with Gasteiger partial charge in [0.15, 0.2) is 5.78 Å². The molecule has 0 aliphatic carbocycles. The van der Waals surface area contributed by atoms with E-state index in [-0.39, 0.29) is 11.6 Å². The molecule has 2 aromatic rings. The van der Waals surface area contributed by atoms with Crippen LogP contribution in [-0.4, -0.2) is 12.9 Å². The zero-order valence-corrected chi connectivity index (χ0v) is 11.4. The summed E-state index contributed by atoms with van der Waals surface area (Å²) in [6.07, 6.45) is 2.09. The van der Waals surface area contributed by atoms with E-state index in [9.17, 15) is 9.18 Å². The van der Waals surface area contributed by atoms with Gasteiger partial charge in [0.2, 0.25) is 0 Å². The standard InChI is InChI=1S/C17H17FO2/c1-20-16-11-5-13(6-12-16)3-2-4-17(19)14-7-9-15(18)10-8-14/h5-12H,2-4H2,1H3. The van der Waals surface area contributed by atoms with Gasteiger partial charge in [0.05, 0.1) is 7.11 Å². The molecular weight excluding hydrogens is 255 g/mol. The molecule has 0 aromatic heterocycles. The van der Waals surface area contributed by atoms with E-state index in [1.165, 1.54) is 29.8 Å². The van der Waals surface area contributed by atoms with Crippen LogP contribution in [0.4, 0.5) is 4.39 Å². The van der Waals surface area contributed by atoms with E-state index in [1.54, 1.807) is 7.11 Å². The summed E-state index contributed by atoms with van der Waals surface area (Å²) < 4.78 is 17.9. The second-order valence-corrected chi connectivity index (χ2v) is 4.63. The Labute approximate surface area is 118 Å². The highest BCUT2D eigenvalue weighted by Crippen LogP contribution is 2.14. The zero-order valence-electron chi connectivity index (χ0n) is 11.4. The summed E-state index contributed by atoms with van der Waals surface area (Å²) in [5.74, 6) is 0.564. The fraction of sp³-hybridized carbons (Fsp3) is 0.235. The van der Waals surface area contributed by atoms with Crippen molar-refractivity contribution in [3.8, 4) is 5.75 Å². The lowest BCUT2D eigenvalue weighted by Crippen LogP contribution is -2.00. The first-order chi connectivity index (χ1) is 9.69. The van der Waals surface area contributed by atoms with Crippen molar-refractivity contribution in [2.24, 2.45) is 0 Å². The number of rotatable bonds is 6. The van der Waals surface area contributed by atoms with Crippen LogP contribution in [0.15, 0.2) is 48.5 Å². The molecule has 0 aliphatic rings. The van der Waals surface area contributed by atoms with Gasteiger partial charge in [0.25, 0.3) is 0 Å². The predicted octanol–water partition coefficient (Wildman–Crippen LogP) is 4.04. The topological polar surface area (TPSA) is 26.3 Å². The average molecular weight is 272 g/mol. The van der Waals surface area contributed by atoms with Crippen LogP contribution >= 0.6 is 0 Å². The number of methoxy groups -OCH3 is 1. The van der Waals surface area contributed by atoms with Crippen molar-refractivity contribution < 1.29 is 13.9 Å². The van der Waals surface area contributed by atoms with Crippen LogP contribution in [0.1, 0.15) is 28.8 Å². The number of ether oxygens (including phenoxy) is 1. The first-order valence-electron chi connectivity index (χ1n) is 6.61. The molecule has 0 amide bonds. The van der Waals surface area contributed by atoms with Gasteiger partial charge in [-0.15, -0.1) is 0 Å². The summed E-state index contributed by atoms with van der Waals surface area (Å²) in [5, 5.41) is 0. The van der Waals surface area contributed by atoms with E-state index in [0.717, 1.165) is 18.6 Å². The Balaban J connectivity index is 1.82. The number of halogens is 1. The summed E-state index contributed by atoms with van der Waals surface area (Å²) in [6.45, 7) is 0. The van der Waals surface area contributed by atoms with E-state index in [2.05, 4.69) is 0 Å². The smallest absolute Gasteiger partial charge is 0.162 e. The third-order valence-corrected chi connectivity index (χ3v) is 3.19. The number of Topliss-reactive ketones (excluding diaryl/α,β-unsaturated/α-hetero) is 1. The number of benzene rings is 2. The van der Waals surface area contributed by atoms with Crippen LogP contribution in [0, 0.1) is 5.82 Å². The lowest BCUT2D eigenvalue weighted by atomic mass is 10.0. The first kappa shape index (κ1) is 14.3. The van der Waals surface area contributed by atoms with Crippen molar-refractivity contribution in [1.82, 2.24) is 0 Å². The number of hydrogen-bond donors (Lipinski definition) is 0. The molecule has 0 saturated carbocycles. The molecule has 0 fully saturated rings. The van der Waals surface area contributed by atoms with Crippen LogP contribution in [-0.2, 0) is 6.42 Å². The fourth-order valence-electron chi connectivity index (χ4n) is 2.03. The van der Waals surface area contributed by atoms with Crippen LogP contribution in [0.3, 0.4) is 0 Å². The van der Waals surface area contributed by atoms with E-state index in [0.29, 0.717) is 12.0 Å². The molecule has 2 nitrogen and oxygen atoms in total. The molecule has 0 radical (unpaired) electrons. The Bertz CT molecular complexity index is 559. The van der Waals surface area contributed by atoms with Gasteiger partial charge in [0.1, 0.15) is 11.6 Å².